The van der Waals surface area contributed by atoms with Crippen LogP contribution in [0.4, 0.5) is 23.1 Å². The van der Waals surface area contributed by atoms with E-state index in [9.17, 15) is 4.79 Å². The van der Waals surface area contributed by atoms with Crippen LogP contribution in [0.3, 0.4) is 0 Å². The van der Waals surface area contributed by atoms with Gasteiger partial charge in [0.25, 0.3) is 0 Å². The van der Waals surface area contributed by atoms with Gasteiger partial charge in [-0.05, 0) is 31.2 Å². The summed E-state index contributed by atoms with van der Waals surface area (Å²) in [6.07, 6.45) is 1.44. The number of carbonyl (C=O) groups is 1. The number of esters is 1. The molecular formula is C20H20N4O3. The van der Waals surface area contributed by atoms with Gasteiger partial charge in [0.15, 0.2) is 5.82 Å². The standard InChI is InChI=1S/C20H20N4O3/c1-3-27-19(25)15-13-21-20(23-16-11-7-8-12-17(16)26-2)24-18(15)22-14-9-5-4-6-10-14/h4-13H,3H2,1-2H3,(H2,21,22,23,24). The molecule has 0 saturated carbocycles. The third kappa shape index (κ3) is 4.52. The third-order valence-corrected chi connectivity index (χ3v) is 3.67. The summed E-state index contributed by atoms with van der Waals surface area (Å²) in [7, 11) is 1.59. The number of hydrogen-bond acceptors (Lipinski definition) is 7. The molecule has 0 amide bonds. The topological polar surface area (TPSA) is 85.4 Å². The van der Waals surface area contributed by atoms with Gasteiger partial charge in [-0.1, -0.05) is 30.3 Å². The monoisotopic (exact) mass is 364 g/mol. The summed E-state index contributed by atoms with van der Waals surface area (Å²) in [4.78, 5) is 20.9. The summed E-state index contributed by atoms with van der Waals surface area (Å²) in [5, 5.41) is 6.25. The van der Waals surface area contributed by atoms with Crippen LogP contribution in [0.5, 0.6) is 5.75 Å². The second-order valence-electron chi connectivity index (χ2n) is 5.49. The molecule has 3 aromatic rings. The number of benzene rings is 2. The first-order valence-corrected chi connectivity index (χ1v) is 8.47. The molecular weight excluding hydrogens is 344 g/mol. The molecule has 0 fully saturated rings. The highest BCUT2D eigenvalue weighted by Crippen LogP contribution is 2.27. The van der Waals surface area contributed by atoms with Crippen molar-refractivity contribution in [2.75, 3.05) is 24.4 Å². The number of nitrogens with zero attached hydrogens (tertiary/aromatic N) is 2. The normalized spacial score (nSPS) is 10.1. The Bertz CT molecular complexity index is 916. The molecule has 138 valence electrons. The predicted molar refractivity (Wildman–Crippen MR) is 104 cm³/mol. The molecule has 2 aromatic carbocycles. The van der Waals surface area contributed by atoms with Crippen molar-refractivity contribution in [2.24, 2.45) is 0 Å². The van der Waals surface area contributed by atoms with Crippen LogP contribution in [0.25, 0.3) is 0 Å². The minimum absolute atomic E-state index is 0.256. The number of aromatic nitrogens is 2. The molecule has 0 saturated heterocycles. The third-order valence-electron chi connectivity index (χ3n) is 3.67. The van der Waals surface area contributed by atoms with E-state index < -0.39 is 5.97 Å². The van der Waals surface area contributed by atoms with Gasteiger partial charge in [-0.3, -0.25) is 0 Å². The van der Waals surface area contributed by atoms with E-state index in [0.717, 1.165) is 11.4 Å². The molecule has 27 heavy (non-hydrogen) atoms. The molecule has 1 aromatic heterocycles. The van der Waals surface area contributed by atoms with Crippen LogP contribution < -0.4 is 15.4 Å². The van der Waals surface area contributed by atoms with Gasteiger partial charge in [0.1, 0.15) is 11.3 Å². The predicted octanol–water partition coefficient (Wildman–Crippen LogP) is 4.15. The Kier molecular flexibility index (Phi) is 5.84. The fourth-order valence-electron chi connectivity index (χ4n) is 2.42. The van der Waals surface area contributed by atoms with Crippen LogP contribution in [0.1, 0.15) is 17.3 Å². The first kappa shape index (κ1) is 18.2. The number of rotatable bonds is 7. The minimum Gasteiger partial charge on any atom is -0.495 e. The number of nitrogens with one attached hydrogen (secondary N) is 2. The molecule has 0 aliphatic rings. The van der Waals surface area contributed by atoms with E-state index in [1.807, 2.05) is 54.6 Å². The lowest BCUT2D eigenvalue weighted by Crippen LogP contribution is -2.11. The maximum absolute atomic E-state index is 12.2. The van der Waals surface area contributed by atoms with Gasteiger partial charge in [-0.25, -0.2) is 9.78 Å². The molecule has 0 aliphatic carbocycles. The molecule has 0 radical (unpaired) electrons. The van der Waals surface area contributed by atoms with Crippen LogP contribution >= 0.6 is 0 Å². The van der Waals surface area contributed by atoms with Crippen molar-refractivity contribution in [3.05, 3.63) is 66.4 Å². The van der Waals surface area contributed by atoms with E-state index in [4.69, 9.17) is 9.47 Å². The Balaban J connectivity index is 1.94. The molecule has 0 spiro atoms. The van der Waals surface area contributed by atoms with Gasteiger partial charge in [-0.15, -0.1) is 0 Å². The van der Waals surface area contributed by atoms with Gasteiger partial charge in [0.05, 0.1) is 19.4 Å². The Labute approximate surface area is 157 Å². The van der Waals surface area contributed by atoms with E-state index in [0.29, 0.717) is 17.5 Å². The summed E-state index contributed by atoms with van der Waals surface area (Å²) in [6, 6.07) is 16.9. The molecule has 7 heteroatoms. The zero-order valence-electron chi connectivity index (χ0n) is 15.1. The Morgan fingerprint density at radius 3 is 2.52 bits per heavy atom. The average molecular weight is 364 g/mol. The number of ether oxygens (including phenoxy) is 2. The highest BCUT2D eigenvalue weighted by Gasteiger charge is 2.17. The zero-order chi connectivity index (χ0) is 19.1. The Morgan fingerprint density at radius 2 is 1.78 bits per heavy atom. The van der Waals surface area contributed by atoms with Crippen LogP contribution in [-0.2, 0) is 4.74 Å². The van der Waals surface area contributed by atoms with E-state index >= 15 is 0 Å². The molecule has 0 aliphatic heterocycles. The highest BCUT2D eigenvalue weighted by atomic mass is 16.5. The van der Waals surface area contributed by atoms with Gasteiger partial charge < -0.3 is 20.1 Å². The fourth-order valence-corrected chi connectivity index (χ4v) is 2.42. The van der Waals surface area contributed by atoms with Crippen molar-refractivity contribution >= 4 is 29.1 Å². The second kappa shape index (κ2) is 8.66. The van der Waals surface area contributed by atoms with Crippen LogP contribution in [0.15, 0.2) is 60.8 Å². The number of methoxy groups -OCH3 is 1. The van der Waals surface area contributed by atoms with E-state index in [1.165, 1.54) is 6.20 Å². The lowest BCUT2D eigenvalue weighted by atomic mass is 10.2. The van der Waals surface area contributed by atoms with E-state index in [-0.39, 0.29) is 12.2 Å². The van der Waals surface area contributed by atoms with E-state index in [2.05, 4.69) is 20.6 Å². The Hall–Kier alpha value is -3.61. The minimum atomic E-state index is -0.486. The highest BCUT2D eigenvalue weighted by molar-refractivity contribution is 5.95. The van der Waals surface area contributed by atoms with Crippen molar-refractivity contribution in [2.45, 2.75) is 6.92 Å². The molecule has 0 unspecified atom stereocenters. The number of anilines is 4. The summed E-state index contributed by atoms with van der Waals surface area (Å²) in [6.45, 7) is 2.02. The molecule has 2 N–H and O–H groups in total. The first-order chi connectivity index (χ1) is 13.2. The maximum atomic E-state index is 12.2. The van der Waals surface area contributed by atoms with Crippen LogP contribution in [0, 0.1) is 0 Å². The zero-order valence-corrected chi connectivity index (χ0v) is 15.1. The fraction of sp³-hybridized carbons (Fsp3) is 0.150. The lowest BCUT2D eigenvalue weighted by Gasteiger charge is -2.13. The van der Waals surface area contributed by atoms with Crippen molar-refractivity contribution < 1.29 is 14.3 Å². The number of para-hydroxylation sites is 3. The molecule has 7 nitrogen and oxygen atoms in total. The van der Waals surface area contributed by atoms with Crippen molar-refractivity contribution in [1.29, 1.82) is 0 Å². The average Bonchev–Trinajstić information content (AvgIpc) is 2.69. The summed E-state index contributed by atoms with van der Waals surface area (Å²) >= 11 is 0. The van der Waals surface area contributed by atoms with Gasteiger partial charge in [0, 0.05) is 11.9 Å². The number of hydrogen-bond donors (Lipinski definition) is 2. The smallest absolute Gasteiger partial charge is 0.343 e. The molecule has 0 bridgehead atoms. The van der Waals surface area contributed by atoms with Gasteiger partial charge >= 0.3 is 5.97 Å². The largest absolute Gasteiger partial charge is 0.495 e. The second-order valence-corrected chi connectivity index (χ2v) is 5.49. The van der Waals surface area contributed by atoms with Crippen molar-refractivity contribution in [3.8, 4) is 5.75 Å². The molecule has 3 rings (SSSR count). The van der Waals surface area contributed by atoms with Crippen molar-refractivity contribution in [1.82, 2.24) is 9.97 Å². The van der Waals surface area contributed by atoms with Gasteiger partial charge in [-0.2, -0.15) is 4.98 Å². The van der Waals surface area contributed by atoms with Crippen molar-refractivity contribution in [3.63, 3.8) is 0 Å². The molecule has 0 atom stereocenters. The first-order valence-electron chi connectivity index (χ1n) is 8.47. The summed E-state index contributed by atoms with van der Waals surface area (Å²) in [5.41, 5.74) is 1.77. The van der Waals surface area contributed by atoms with Crippen LogP contribution in [-0.4, -0.2) is 29.7 Å². The quantitative estimate of drug-likeness (QED) is 0.609. The Morgan fingerprint density at radius 1 is 1.04 bits per heavy atom. The van der Waals surface area contributed by atoms with Gasteiger partial charge in [0.2, 0.25) is 5.95 Å². The summed E-state index contributed by atoms with van der Waals surface area (Å²) < 4.78 is 10.4. The maximum Gasteiger partial charge on any atom is 0.343 e. The van der Waals surface area contributed by atoms with E-state index in [1.54, 1.807) is 14.0 Å². The number of carbonyl (C=O) groups excluding carboxylic acids is 1. The molecule has 1 heterocycles. The lowest BCUT2D eigenvalue weighted by molar-refractivity contribution is 0.0526. The van der Waals surface area contributed by atoms with Crippen LogP contribution in [0.2, 0.25) is 0 Å². The SMILES string of the molecule is CCOC(=O)c1cnc(Nc2ccccc2OC)nc1Nc1ccccc1. The summed E-state index contributed by atoms with van der Waals surface area (Å²) in [5.74, 6) is 0.853.